The van der Waals surface area contributed by atoms with E-state index in [0.29, 0.717) is 4.34 Å². The summed E-state index contributed by atoms with van der Waals surface area (Å²) in [6, 6.07) is -0.846. The molecule has 1 rings (SSSR count). The normalized spacial score (nSPS) is 12.2. The van der Waals surface area contributed by atoms with Crippen molar-refractivity contribution in [1.29, 1.82) is 0 Å². The van der Waals surface area contributed by atoms with E-state index in [1.54, 1.807) is 11.8 Å². The van der Waals surface area contributed by atoms with Gasteiger partial charge in [-0.1, -0.05) is 60.9 Å². The third-order valence-electron chi connectivity index (χ3n) is 2.17. The molecule has 0 aromatic carbocycles. The van der Waals surface area contributed by atoms with E-state index >= 15 is 0 Å². The molecular weight excluding hydrogens is 328 g/mol. The van der Waals surface area contributed by atoms with Gasteiger partial charge in [0.2, 0.25) is 5.91 Å². The summed E-state index contributed by atoms with van der Waals surface area (Å²) >= 11 is 4.28. The number of urea groups is 1. The predicted octanol–water partition coefficient (Wildman–Crippen LogP) is 2.52. The lowest BCUT2D eigenvalue weighted by Crippen LogP contribution is -2.42. The summed E-state index contributed by atoms with van der Waals surface area (Å²) in [5, 5.41) is 9.80. The molecule has 0 saturated carbocycles. The highest BCUT2D eigenvalue weighted by molar-refractivity contribution is 8.04. The molecule has 116 valence electrons. The molecule has 1 aromatic heterocycles. The summed E-state index contributed by atoms with van der Waals surface area (Å²) < 4.78 is 1.52. The average Bonchev–Trinajstić information content (AvgIpc) is 2.79. The highest BCUT2D eigenvalue weighted by atomic mass is 32.2. The topological polar surface area (TPSA) is 98.0 Å². The number of hydrogen-bond donors (Lipinski definition) is 2. The van der Waals surface area contributed by atoms with Gasteiger partial charge in [0.15, 0.2) is 8.68 Å². The van der Waals surface area contributed by atoms with Gasteiger partial charge in [0.05, 0.1) is 5.25 Å². The van der Waals surface area contributed by atoms with Gasteiger partial charge in [-0.2, -0.15) is 0 Å². The molecule has 1 heterocycles. The molecule has 0 aliphatic heterocycles. The van der Waals surface area contributed by atoms with E-state index in [1.807, 2.05) is 20.8 Å². The summed E-state index contributed by atoms with van der Waals surface area (Å²) in [4.78, 5) is 22.7. The van der Waals surface area contributed by atoms with E-state index in [0.717, 1.165) is 15.7 Å². The third kappa shape index (κ3) is 6.49. The maximum absolute atomic E-state index is 11.9. The number of nitrogens with one attached hydrogen (secondary N) is 1. The quantitative estimate of drug-likeness (QED) is 0.581. The maximum atomic E-state index is 11.9. The van der Waals surface area contributed by atoms with Crippen LogP contribution in [0.25, 0.3) is 0 Å². The number of aromatic nitrogens is 2. The number of nitrogens with zero attached hydrogens (tertiary/aromatic N) is 2. The molecule has 3 N–H and O–H groups in total. The Morgan fingerprint density at radius 1 is 1.38 bits per heavy atom. The predicted molar refractivity (Wildman–Crippen MR) is 87.7 cm³/mol. The summed E-state index contributed by atoms with van der Waals surface area (Å²) in [6.07, 6.45) is 0. The van der Waals surface area contributed by atoms with Crippen LogP contribution in [-0.4, -0.2) is 33.1 Å². The Kier molecular flexibility index (Phi) is 7.20. The van der Waals surface area contributed by atoms with Gasteiger partial charge < -0.3 is 5.73 Å². The van der Waals surface area contributed by atoms with Gasteiger partial charge >= 0.3 is 6.03 Å². The second-order valence-electron chi connectivity index (χ2n) is 4.72. The number of primary amides is 1. The van der Waals surface area contributed by atoms with Crippen LogP contribution in [0.15, 0.2) is 20.8 Å². The van der Waals surface area contributed by atoms with Crippen molar-refractivity contribution in [2.24, 2.45) is 11.7 Å². The first kappa shape index (κ1) is 18.0. The lowest BCUT2D eigenvalue weighted by Gasteiger charge is -2.16. The van der Waals surface area contributed by atoms with Crippen LogP contribution in [0, 0.1) is 5.92 Å². The number of rotatable bonds is 7. The number of nitrogens with two attached hydrogens (primary N) is 1. The second kappa shape index (κ2) is 8.40. The van der Waals surface area contributed by atoms with Gasteiger partial charge in [-0.25, -0.2) is 4.79 Å². The van der Waals surface area contributed by atoms with Crippen LogP contribution in [0.1, 0.15) is 20.8 Å². The van der Waals surface area contributed by atoms with E-state index in [2.05, 4.69) is 22.1 Å². The molecule has 0 fully saturated rings. The van der Waals surface area contributed by atoms with Crippen LogP contribution in [0.5, 0.6) is 0 Å². The summed E-state index contributed by atoms with van der Waals surface area (Å²) in [7, 11) is 0. The first-order valence-electron chi connectivity index (χ1n) is 6.17. The van der Waals surface area contributed by atoms with Crippen molar-refractivity contribution in [3.05, 3.63) is 12.2 Å². The number of hydrogen-bond acceptors (Lipinski definition) is 7. The first-order chi connectivity index (χ1) is 9.79. The number of thioether (sulfide) groups is 2. The van der Waals surface area contributed by atoms with Gasteiger partial charge in [-0.15, -0.1) is 10.2 Å². The Morgan fingerprint density at radius 3 is 2.52 bits per heavy atom. The molecule has 0 unspecified atom stereocenters. The summed E-state index contributed by atoms with van der Waals surface area (Å²) in [5.41, 5.74) is 6.04. The molecule has 0 bridgehead atoms. The molecule has 1 atom stereocenters. The lowest BCUT2D eigenvalue weighted by atomic mass is 10.1. The standard InChI is InChI=1S/C12H18N4O2S3/c1-6(2)5-19-11-15-16-12(21-11)20-8(7(3)4)9(17)14-10(13)18/h7-8H,1,5H2,2-4H3,(H3,13,14,17,18)/t8-/m1/s1. The van der Waals surface area contributed by atoms with Crippen LogP contribution in [0.2, 0.25) is 0 Å². The Balaban J connectivity index is 2.69. The van der Waals surface area contributed by atoms with Crippen molar-refractivity contribution in [1.82, 2.24) is 15.5 Å². The van der Waals surface area contributed by atoms with Crippen molar-refractivity contribution in [3.63, 3.8) is 0 Å². The number of carbonyl (C=O) groups excluding carboxylic acids is 2. The zero-order valence-corrected chi connectivity index (χ0v) is 14.5. The highest BCUT2D eigenvalue weighted by Gasteiger charge is 2.26. The van der Waals surface area contributed by atoms with E-state index in [1.165, 1.54) is 23.1 Å². The molecule has 21 heavy (non-hydrogen) atoms. The highest BCUT2D eigenvalue weighted by Crippen LogP contribution is 2.34. The number of amides is 3. The van der Waals surface area contributed by atoms with Crippen LogP contribution in [0.4, 0.5) is 4.79 Å². The molecule has 3 amide bonds. The lowest BCUT2D eigenvalue weighted by molar-refractivity contribution is -0.120. The Bertz CT molecular complexity index is 530. The molecule has 0 spiro atoms. The molecule has 0 aliphatic rings. The van der Waals surface area contributed by atoms with E-state index in [9.17, 15) is 9.59 Å². The van der Waals surface area contributed by atoms with Gasteiger partial charge in [-0.05, 0) is 12.8 Å². The molecule has 0 aliphatic carbocycles. The zero-order chi connectivity index (χ0) is 16.0. The van der Waals surface area contributed by atoms with Crippen molar-refractivity contribution in [2.75, 3.05) is 5.75 Å². The molecule has 0 saturated heterocycles. The fraction of sp³-hybridized carbons (Fsp3) is 0.500. The minimum absolute atomic E-state index is 0.0322. The van der Waals surface area contributed by atoms with Crippen molar-refractivity contribution in [2.45, 2.75) is 34.7 Å². The first-order valence-corrected chi connectivity index (χ1v) is 8.85. The minimum atomic E-state index is -0.846. The average molecular weight is 347 g/mol. The largest absolute Gasteiger partial charge is 0.351 e. The fourth-order valence-corrected chi connectivity index (χ4v) is 4.35. The Hall–Kier alpha value is -1.06. The van der Waals surface area contributed by atoms with Gasteiger partial charge in [0, 0.05) is 5.75 Å². The van der Waals surface area contributed by atoms with Crippen LogP contribution in [-0.2, 0) is 4.79 Å². The minimum Gasteiger partial charge on any atom is -0.351 e. The molecule has 6 nitrogen and oxygen atoms in total. The molecular formula is C12H18N4O2S3. The Labute approximate surface area is 136 Å². The maximum Gasteiger partial charge on any atom is 0.318 e. The van der Waals surface area contributed by atoms with Crippen LogP contribution >= 0.6 is 34.9 Å². The van der Waals surface area contributed by atoms with Crippen LogP contribution < -0.4 is 11.1 Å². The monoisotopic (exact) mass is 346 g/mol. The van der Waals surface area contributed by atoms with Crippen LogP contribution in [0.3, 0.4) is 0 Å². The third-order valence-corrected chi connectivity index (χ3v) is 6.08. The second-order valence-corrected chi connectivity index (χ2v) is 8.30. The SMILES string of the molecule is C=C(C)CSc1nnc(S[C@@H](C(=O)NC(N)=O)C(C)C)s1. The summed E-state index contributed by atoms with van der Waals surface area (Å²) in [5.74, 6) is 0.410. The van der Waals surface area contributed by atoms with Gasteiger partial charge in [-0.3, -0.25) is 10.1 Å². The van der Waals surface area contributed by atoms with E-state index < -0.39 is 17.2 Å². The fourth-order valence-electron chi connectivity index (χ4n) is 1.28. The van der Waals surface area contributed by atoms with Gasteiger partial charge in [0.25, 0.3) is 0 Å². The molecule has 1 aromatic rings. The van der Waals surface area contributed by atoms with Gasteiger partial charge in [0.1, 0.15) is 0 Å². The van der Waals surface area contributed by atoms with E-state index in [-0.39, 0.29) is 5.92 Å². The van der Waals surface area contributed by atoms with Crippen molar-refractivity contribution < 1.29 is 9.59 Å². The molecule has 0 radical (unpaired) electrons. The zero-order valence-electron chi connectivity index (χ0n) is 12.1. The number of carbonyl (C=O) groups is 2. The summed E-state index contributed by atoms with van der Waals surface area (Å²) in [6.45, 7) is 9.58. The smallest absolute Gasteiger partial charge is 0.318 e. The van der Waals surface area contributed by atoms with Crippen molar-refractivity contribution >= 4 is 46.8 Å². The van der Waals surface area contributed by atoms with E-state index in [4.69, 9.17) is 5.73 Å². The number of imide groups is 1. The Morgan fingerprint density at radius 2 is 2.00 bits per heavy atom. The van der Waals surface area contributed by atoms with Crippen molar-refractivity contribution in [3.8, 4) is 0 Å². The molecule has 9 heteroatoms.